The van der Waals surface area contributed by atoms with Gasteiger partial charge < -0.3 is 5.32 Å². The summed E-state index contributed by atoms with van der Waals surface area (Å²) in [5.41, 5.74) is 2.19. The minimum atomic E-state index is 0.138. The molecule has 2 aromatic heterocycles. The van der Waals surface area contributed by atoms with Crippen LogP contribution in [0.15, 0.2) is 42.9 Å². The molecule has 1 N–H and O–H groups in total. The summed E-state index contributed by atoms with van der Waals surface area (Å²) in [7, 11) is 0. The highest BCUT2D eigenvalue weighted by Gasteiger charge is 2.09. The SMILES string of the molecule is O=Cc1c(Cl)ncnc1NCc1cccc2cccnc12. The van der Waals surface area contributed by atoms with Crippen LogP contribution < -0.4 is 5.32 Å². The number of fused-ring (bicyclic) bond motifs is 1. The van der Waals surface area contributed by atoms with Crippen LogP contribution in [0.1, 0.15) is 15.9 Å². The summed E-state index contributed by atoms with van der Waals surface area (Å²) in [5.74, 6) is 0.415. The highest BCUT2D eigenvalue weighted by Crippen LogP contribution is 2.20. The largest absolute Gasteiger partial charge is 0.365 e. The molecule has 0 unspecified atom stereocenters. The highest BCUT2D eigenvalue weighted by atomic mass is 35.5. The molecule has 104 valence electrons. The van der Waals surface area contributed by atoms with E-state index in [2.05, 4.69) is 20.3 Å². The summed E-state index contributed by atoms with van der Waals surface area (Å²) < 4.78 is 0. The van der Waals surface area contributed by atoms with Crippen LogP contribution in [0.5, 0.6) is 0 Å². The van der Waals surface area contributed by atoms with Gasteiger partial charge in [-0.3, -0.25) is 9.78 Å². The zero-order chi connectivity index (χ0) is 14.7. The number of aldehydes is 1. The Kier molecular flexibility index (Phi) is 3.75. The molecule has 0 aliphatic heterocycles. The fraction of sp³-hybridized carbons (Fsp3) is 0.0667. The van der Waals surface area contributed by atoms with E-state index in [9.17, 15) is 4.79 Å². The van der Waals surface area contributed by atoms with Crippen LogP contribution in [0, 0.1) is 0 Å². The lowest BCUT2D eigenvalue weighted by molar-refractivity contribution is 0.112. The molecule has 0 atom stereocenters. The van der Waals surface area contributed by atoms with E-state index in [4.69, 9.17) is 11.6 Å². The van der Waals surface area contributed by atoms with Crippen LogP contribution in [0.2, 0.25) is 5.15 Å². The van der Waals surface area contributed by atoms with Crippen molar-refractivity contribution >= 4 is 34.6 Å². The van der Waals surface area contributed by atoms with Crippen LogP contribution in [0.25, 0.3) is 10.9 Å². The molecule has 0 aliphatic rings. The summed E-state index contributed by atoms with van der Waals surface area (Å²) in [5, 5.41) is 4.31. The van der Waals surface area contributed by atoms with Gasteiger partial charge in [-0.15, -0.1) is 0 Å². The van der Waals surface area contributed by atoms with E-state index in [1.165, 1.54) is 6.33 Å². The minimum absolute atomic E-state index is 0.138. The molecule has 2 heterocycles. The predicted molar refractivity (Wildman–Crippen MR) is 81.5 cm³/mol. The van der Waals surface area contributed by atoms with Gasteiger partial charge in [0.25, 0.3) is 0 Å². The lowest BCUT2D eigenvalue weighted by Crippen LogP contribution is -2.06. The topological polar surface area (TPSA) is 67.8 Å². The number of benzene rings is 1. The molecule has 3 rings (SSSR count). The van der Waals surface area contributed by atoms with Crippen molar-refractivity contribution in [1.82, 2.24) is 15.0 Å². The van der Waals surface area contributed by atoms with E-state index in [-0.39, 0.29) is 10.7 Å². The van der Waals surface area contributed by atoms with E-state index in [0.29, 0.717) is 18.6 Å². The van der Waals surface area contributed by atoms with Gasteiger partial charge in [-0.25, -0.2) is 9.97 Å². The summed E-state index contributed by atoms with van der Waals surface area (Å²) in [6.07, 6.45) is 3.72. The number of hydrogen-bond donors (Lipinski definition) is 1. The number of carbonyl (C=O) groups excluding carboxylic acids is 1. The number of para-hydroxylation sites is 1. The molecule has 3 aromatic rings. The van der Waals surface area contributed by atoms with Crippen LogP contribution in [0.3, 0.4) is 0 Å². The second-order valence-electron chi connectivity index (χ2n) is 4.39. The van der Waals surface area contributed by atoms with E-state index < -0.39 is 0 Å². The van der Waals surface area contributed by atoms with E-state index >= 15 is 0 Å². The van der Waals surface area contributed by atoms with Crippen LogP contribution in [0.4, 0.5) is 5.82 Å². The average Bonchev–Trinajstić information content (AvgIpc) is 2.53. The third-order valence-electron chi connectivity index (χ3n) is 3.12. The molecule has 0 bridgehead atoms. The lowest BCUT2D eigenvalue weighted by Gasteiger charge is -2.09. The quantitative estimate of drug-likeness (QED) is 0.592. The Morgan fingerprint density at radius 3 is 2.86 bits per heavy atom. The molecule has 0 radical (unpaired) electrons. The van der Waals surface area contributed by atoms with Crippen molar-refractivity contribution in [3.8, 4) is 0 Å². The fourth-order valence-electron chi connectivity index (χ4n) is 2.11. The molecule has 0 saturated carbocycles. The van der Waals surface area contributed by atoms with Crippen molar-refractivity contribution in [2.24, 2.45) is 0 Å². The summed E-state index contributed by atoms with van der Waals surface area (Å²) in [6, 6.07) is 9.85. The summed E-state index contributed by atoms with van der Waals surface area (Å²) in [4.78, 5) is 23.3. The van der Waals surface area contributed by atoms with Crippen molar-refractivity contribution in [3.05, 3.63) is 59.1 Å². The first-order valence-electron chi connectivity index (χ1n) is 6.32. The monoisotopic (exact) mass is 298 g/mol. The van der Waals surface area contributed by atoms with Gasteiger partial charge in [0, 0.05) is 18.1 Å². The first-order valence-corrected chi connectivity index (χ1v) is 6.69. The van der Waals surface area contributed by atoms with Crippen molar-refractivity contribution in [2.75, 3.05) is 5.32 Å². The van der Waals surface area contributed by atoms with Gasteiger partial charge in [0.05, 0.1) is 11.1 Å². The van der Waals surface area contributed by atoms with E-state index in [0.717, 1.165) is 16.5 Å². The zero-order valence-electron chi connectivity index (χ0n) is 11.0. The highest BCUT2D eigenvalue weighted by molar-refractivity contribution is 6.32. The van der Waals surface area contributed by atoms with Gasteiger partial charge in [0.15, 0.2) is 6.29 Å². The maximum Gasteiger partial charge on any atom is 0.156 e. The molecular formula is C15H11ClN4O. The number of halogens is 1. The molecule has 5 nitrogen and oxygen atoms in total. The first kappa shape index (κ1) is 13.5. The van der Waals surface area contributed by atoms with Crippen molar-refractivity contribution in [2.45, 2.75) is 6.54 Å². The Morgan fingerprint density at radius 1 is 1.14 bits per heavy atom. The fourth-order valence-corrected chi connectivity index (χ4v) is 2.29. The number of hydrogen-bond acceptors (Lipinski definition) is 5. The number of nitrogens with one attached hydrogen (secondary N) is 1. The van der Waals surface area contributed by atoms with Gasteiger partial charge in [-0.1, -0.05) is 35.9 Å². The Bertz CT molecular complexity index is 801. The molecule has 0 fully saturated rings. The second kappa shape index (κ2) is 5.85. The average molecular weight is 299 g/mol. The normalized spacial score (nSPS) is 10.5. The van der Waals surface area contributed by atoms with E-state index in [1.807, 2.05) is 30.3 Å². The number of aromatic nitrogens is 3. The molecule has 1 aromatic carbocycles. The lowest BCUT2D eigenvalue weighted by atomic mass is 10.1. The second-order valence-corrected chi connectivity index (χ2v) is 4.75. The van der Waals surface area contributed by atoms with Gasteiger partial charge in [-0.05, 0) is 11.6 Å². The Hall–Kier alpha value is -2.53. The minimum Gasteiger partial charge on any atom is -0.365 e. The van der Waals surface area contributed by atoms with Crippen LogP contribution in [-0.4, -0.2) is 21.2 Å². The third-order valence-corrected chi connectivity index (χ3v) is 3.42. The smallest absolute Gasteiger partial charge is 0.156 e. The number of nitrogens with zero attached hydrogens (tertiary/aromatic N) is 3. The molecule has 21 heavy (non-hydrogen) atoms. The number of pyridine rings is 1. The molecule has 0 spiro atoms. The number of carbonyl (C=O) groups is 1. The summed E-state index contributed by atoms with van der Waals surface area (Å²) in [6.45, 7) is 0.489. The van der Waals surface area contributed by atoms with Crippen LogP contribution >= 0.6 is 11.6 Å². The van der Waals surface area contributed by atoms with Gasteiger partial charge >= 0.3 is 0 Å². The van der Waals surface area contributed by atoms with Crippen LogP contribution in [-0.2, 0) is 6.54 Å². The van der Waals surface area contributed by atoms with Crippen molar-refractivity contribution < 1.29 is 4.79 Å². The maximum absolute atomic E-state index is 11.1. The van der Waals surface area contributed by atoms with Gasteiger partial charge in [0.2, 0.25) is 0 Å². The molecular weight excluding hydrogens is 288 g/mol. The van der Waals surface area contributed by atoms with Crippen molar-refractivity contribution in [3.63, 3.8) is 0 Å². The third kappa shape index (κ3) is 2.68. The summed E-state index contributed by atoms with van der Waals surface area (Å²) >= 11 is 5.87. The molecule has 0 saturated heterocycles. The first-order chi connectivity index (χ1) is 10.3. The number of rotatable bonds is 4. The Balaban J connectivity index is 1.91. The molecule has 6 heteroatoms. The van der Waals surface area contributed by atoms with Gasteiger partial charge in [-0.2, -0.15) is 0 Å². The molecule has 0 amide bonds. The van der Waals surface area contributed by atoms with Gasteiger partial charge in [0.1, 0.15) is 17.3 Å². The maximum atomic E-state index is 11.1. The Morgan fingerprint density at radius 2 is 2.00 bits per heavy atom. The number of anilines is 1. The Labute approximate surface area is 126 Å². The predicted octanol–water partition coefficient (Wildman–Crippen LogP) is 3.10. The van der Waals surface area contributed by atoms with Crippen molar-refractivity contribution in [1.29, 1.82) is 0 Å². The van der Waals surface area contributed by atoms with E-state index in [1.54, 1.807) is 6.20 Å². The zero-order valence-corrected chi connectivity index (χ0v) is 11.7. The molecule has 0 aliphatic carbocycles. The standard InChI is InChI=1S/C15H11ClN4O/c16-14-12(8-21)15(20-9-19-14)18-7-11-4-1-3-10-5-2-6-17-13(10)11/h1-6,8-9H,7H2,(H,18,19,20).